The number of halogens is 1. The van der Waals surface area contributed by atoms with Crippen molar-refractivity contribution in [2.45, 2.75) is 32.6 Å². The lowest BCUT2D eigenvalue weighted by atomic mass is 9.79. The third-order valence-electron chi connectivity index (χ3n) is 9.49. The van der Waals surface area contributed by atoms with Gasteiger partial charge in [0.05, 0.1) is 51.6 Å². The largest absolute Gasteiger partial charge is 0.494 e. The van der Waals surface area contributed by atoms with Gasteiger partial charge < -0.3 is 33.5 Å². The highest BCUT2D eigenvalue weighted by atomic mass is 19.1. The standard InChI is InChI=1S/C40H48FN3O7/c1-28-36(39(45)49-5)38(30-13-18-34(47-3)35(27-30)48-4)37(29(2)44(28)20-10-25-50-33-16-14-31(41)15-17-33)40(46)51-26-9-19-42-21-23-43(24-22-42)32-11-7-6-8-12-32/h6-8,11-18,27,38H,9-10,19-26H2,1-5H3. The van der Waals surface area contributed by atoms with E-state index in [1.165, 1.54) is 24.9 Å². The number of methoxy groups -OCH3 is 3. The Kier molecular flexibility index (Phi) is 13.0. The minimum Gasteiger partial charge on any atom is -0.494 e. The van der Waals surface area contributed by atoms with Gasteiger partial charge in [0.25, 0.3) is 0 Å². The SMILES string of the molecule is COC(=O)C1=C(C)N(CCCOc2ccc(F)cc2)C(C)=C(C(=O)OCCCN2CCN(c3ccccc3)CC2)C1c1ccc(OC)c(OC)c1. The Labute approximate surface area is 300 Å². The molecule has 0 saturated carbocycles. The van der Waals surface area contributed by atoms with Crippen molar-refractivity contribution in [1.82, 2.24) is 9.80 Å². The number of allylic oxidation sites excluding steroid dienone is 2. The van der Waals surface area contributed by atoms with E-state index >= 15 is 0 Å². The maximum absolute atomic E-state index is 14.2. The summed E-state index contributed by atoms with van der Waals surface area (Å²) in [7, 11) is 4.42. The average molecular weight is 702 g/mol. The number of para-hydroxylation sites is 1. The molecule has 1 fully saturated rings. The van der Waals surface area contributed by atoms with Crippen LogP contribution in [0.5, 0.6) is 17.2 Å². The van der Waals surface area contributed by atoms with E-state index in [4.69, 9.17) is 23.7 Å². The van der Waals surface area contributed by atoms with Gasteiger partial charge in [0.2, 0.25) is 0 Å². The van der Waals surface area contributed by atoms with Crippen molar-refractivity contribution in [2.24, 2.45) is 0 Å². The van der Waals surface area contributed by atoms with Crippen LogP contribution in [0.2, 0.25) is 0 Å². The Balaban J connectivity index is 1.33. The molecule has 10 nitrogen and oxygen atoms in total. The quantitative estimate of drug-likeness (QED) is 0.135. The molecule has 0 aromatic heterocycles. The minimum absolute atomic E-state index is 0.231. The molecule has 0 aliphatic carbocycles. The summed E-state index contributed by atoms with van der Waals surface area (Å²) in [4.78, 5) is 34.4. The van der Waals surface area contributed by atoms with E-state index in [0.29, 0.717) is 71.3 Å². The molecule has 0 spiro atoms. The predicted molar refractivity (Wildman–Crippen MR) is 194 cm³/mol. The van der Waals surface area contributed by atoms with Crippen molar-refractivity contribution in [3.8, 4) is 17.2 Å². The van der Waals surface area contributed by atoms with E-state index in [1.54, 1.807) is 38.5 Å². The summed E-state index contributed by atoms with van der Waals surface area (Å²) in [6.45, 7) is 9.29. The van der Waals surface area contributed by atoms with Crippen molar-refractivity contribution in [3.05, 3.63) is 107 Å². The highest BCUT2D eigenvalue weighted by Gasteiger charge is 2.40. The Morgan fingerprint density at radius 2 is 1.39 bits per heavy atom. The molecule has 272 valence electrons. The van der Waals surface area contributed by atoms with Gasteiger partial charge in [-0.1, -0.05) is 24.3 Å². The van der Waals surface area contributed by atoms with Gasteiger partial charge in [-0.2, -0.15) is 0 Å². The summed E-state index contributed by atoms with van der Waals surface area (Å²) in [5, 5.41) is 0. The van der Waals surface area contributed by atoms with Gasteiger partial charge in [-0.25, -0.2) is 14.0 Å². The molecule has 0 N–H and O–H groups in total. The van der Waals surface area contributed by atoms with Crippen molar-refractivity contribution in [1.29, 1.82) is 0 Å². The van der Waals surface area contributed by atoms with E-state index < -0.39 is 17.9 Å². The first-order valence-corrected chi connectivity index (χ1v) is 17.3. The lowest BCUT2D eigenvalue weighted by Gasteiger charge is -2.38. The van der Waals surface area contributed by atoms with Crippen LogP contribution in [-0.2, 0) is 19.1 Å². The number of carbonyl (C=O) groups excluding carboxylic acids is 2. The first-order valence-electron chi connectivity index (χ1n) is 17.3. The fraction of sp³-hybridized carbons (Fsp3) is 0.400. The summed E-state index contributed by atoms with van der Waals surface area (Å²) in [6, 6.07) is 21.6. The molecule has 3 aromatic rings. The fourth-order valence-electron chi connectivity index (χ4n) is 6.79. The van der Waals surface area contributed by atoms with Gasteiger partial charge in [-0.15, -0.1) is 0 Å². The van der Waals surface area contributed by atoms with E-state index in [0.717, 1.165) is 32.7 Å². The van der Waals surface area contributed by atoms with E-state index in [2.05, 4.69) is 34.1 Å². The Morgan fingerprint density at radius 1 is 0.745 bits per heavy atom. The second-order valence-electron chi connectivity index (χ2n) is 12.5. The van der Waals surface area contributed by atoms with Gasteiger partial charge in [0.15, 0.2) is 11.5 Å². The number of anilines is 1. The predicted octanol–water partition coefficient (Wildman–Crippen LogP) is 6.19. The second-order valence-corrected chi connectivity index (χ2v) is 12.5. The van der Waals surface area contributed by atoms with Gasteiger partial charge >= 0.3 is 11.9 Å². The van der Waals surface area contributed by atoms with Crippen LogP contribution >= 0.6 is 0 Å². The molecule has 0 radical (unpaired) electrons. The van der Waals surface area contributed by atoms with Crippen LogP contribution in [0.3, 0.4) is 0 Å². The molecule has 1 saturated heterocycles. The molecule has 51 heavy (non-hydrogen) atoms. The Bertz CT molecular complexity index is 1700. The van der Waals surface area contributed by atoms with Crippen LogP contribution in [0.25, 0.3) is 0 Å². The van der Waals surface area contributed by atoms with E-state index in [1.807, 2.05) is 30.9 Å². The van der Waals surface area contributed by atoms with Crippen molar-refractivity contribution in [2.75, 3.05) is 78.7 Å². The lowest BCUT2D eigenvalue weighted by Crippen LogP contribution is -2.46. The minimum atomic E-state index is -0.775. The van der Waals surface area contributed by atoms with E-state index in [-0.39, 0.29) is 12.4 Å². The van der Waals surface area contributed by atoms with Crippen LogP contribution in [0.1, 0.15) is 38.2 Å². The first kappa shape index (κ1) is 37.2. The first-order chi connectivity index (χ1) is 24.7. The number of nitrogens with zero attached hydrogens (tertiary/aromatic N) is 3. The molecular formula is C40H48FN3O7. The molecule has 1 unspecified atom stereocenters. The molecule has 2 heterocycles. The highest BCUT2D eigenvalue weighted by molar-refractivity contribution is 6.00. The zero-order valence-electron chi connectivity index (χ0n) is 30.2. The van der Waals surface area contributed by atoms with Crippen molar-refractivity contribution >= 4 is 17.6 Å². The summed E-state index contributed by atoms with van der Waals surface area (Å²) < 4.78 is 41.5. The lowest BCUT2D eigenvalue weighted by molar-refractivity contribution is -0.139. The average Bonchev–Trinajstić information content (AvgIpc) is 3.16. The van der Waals surface area contributed by atoms with Gasteiger partial charge in [-0.05, 0) is 80.8 Å². The Hall–Kier alpha value is -5.03. The van der Waals surface area contributed by atoms with Gasteiger partial charge in [0, 0.05) is 56.4 Å². The monoisotopic (exact) mass is 701 g/mol. The van der Waals surface area contributed by atoms with Crippen LogP contribution in [-0.4, -0.2) is 95.6 Å². The molecule has 11 heteroatoms. The molecule has 2 aliphatic heterocycles. The number of esters is 2. The summed E-state index contributed by atoms with van der Waals surface area (Å²) in [5.41, 5.74) is 3.91. The molecule has 3 aromatic carbocycles. The van der Waals surface area contributed by atoms with Crippen molar-refractivity contribution in [3.63, 3.8) is 0 Å². The van der Waals surface area contributed by atoms with Crippen LogP contribution < -0.4 is 19.1 Å². The third kappa shape index (κ3) is 9.02. The molecular weight excluding hydrogens is 653 g/mol. The number of benzene rings is 3. The number of carbonyl (C=O) groups is 2. The molecule has 1 atom stereocenters. The number of hydrogen-bond acceptors (Lipinski definition) is 10. The van der Waals surface area contributed by atoms with Gasteiger partial charge in [-0.3, -0.25) is 4.90 Å². The summed E-state index contributed by atoms with van der Waals surface area (Å²) in [6.07, 6.45) is 1.23. The zero-order valence-corrected chi connectivity index (χ0v) is 30.2. The van der Waals surface area contributed by atoms with E-state index in [9.17, 15) is 14.0 Å². The summed E-state index contributed by atoms with van der Waals surface area (Å²) in [5.74, 6) is -0.611. The summed E-state index contributed by atoms with van der Waals surface area (Å²) >= 11 is 0. The number of rotatable bonds is 15. The zero-order chi connectivity index (χ0) is 36.3. The van der Waals surface area contributed by atoms with Crippen molar-refractivity contribution < 1.29 is 37.7 Å². The molecule has 0 bridgehead atoms. The normalized spacial score (nSPS) is 16.6. The van der Waals surface area contributed by atoms with Crippen LogP contribution in [0.4, 0.5) is 10.1 Å². The van der Waals surface area contributed by atoms with Gasteiger partial charge in [0.1, 0.15) is 11.6 Å². The topological polar surface area (TPSA) is 90.0 Å². The number of piperazine rings is 1. The smallest absolute Gasteiger partial charge is 0.336 e. The second kappa shape index (κ2) is 17.8. The number of ether oxygens (including phenoxy) is 5. The third-order valence-corrected chi connectivity index (χ3v) is 9.49. The highest BCUT2D eigenvalue weighted by Crippen LogP contribution is 2.44. The fourth-order valence-corrected chi connectivity index (χ4v) is 6.79. The number of hydrogen-bond donors (Lipinski definition) is 0. The van der Waals surface area contributed by atoms with Crippen LogP contribution in [0, 0.1) is 5.82 Å². The maximum Gasteiger partial charge on any atom is 0.336 e. The molecule has 2 aliphatic rings. The van der Waals surface area contributed by atoms with Crippen LogP contribution in [0.15, 0.2) is 95.3 Å². The Morgan fingerprint density at radius 3 is 2.04 bits per heavy atom. The molecule has 5 rings (SSSR count). The molecule has 0 amide bonds. The maximum atomic E-state index is 14.2.